The lowest BCUT2D eigenvalue weighted by Gasteiger charge is -2.38. The third-order valence-electron chi connectivity index (χ3n) is 4.96. The van der Waals surface area contributed by atoms with Crippen LogP contribution < -0.4 is 5.32 Å². The molecule has 0 saturated carbocycles. The van der Waals surface area contributed by atoms with Gasteiger partial charge in [-0.15, -0.1) is 24.0 Å². The highest BCUT2D eigenvalue weighted by Gasteiger charge is 2.32. The maximum absolute atomic E-state index is 9.82. The van der Waals surface area contributed by atoms with E-state index in [0.29, 0.717) is 18.4 Å². The van der Waals surface area contributed by atoms with Crippen molar-refractivity contribution in [1.29, 1.82) is 0 Å². The van der Waals surface area contributed by atoms with E-state index in [2.05, 4.69) is 31.0 Å². The predicted octanol–water partition coefficient (Wildman–Crippen LogP) is 2.34. The summed E-state index contributed by atoms with van der Waals surface area (Å²) in [4.78, 5) is 7.28. The zero-order valence-electron chi connectivity index (χ0n) is 14.9. The molecule has 2 fully saturated rings. The van der Waals surface area contributed by atoms with E-state index in [1.54, 1.807) is 0 Å². The number of aliphatic hydroxyl groups is 1. The summed E-state index contributed by atoms with van der Waals surface area (Å²) in [5.74, 6) is 2.44. The molecule has 0 aromatic heterocycles. The Kier molecular flexibility index (Phi) is 9.15. The maximum Gasteiger partial charge on any atom is 0.193 e. The van der Waals surface area contributed by atoms with E-state index < -0.39 is 0 Å². The quantitative estimate of drug-likeness (QED) is 0.401. The Morgan fingerprint density at radius 1 is 1.26 bits per heavy atom. The van der Waals surface area contributed by atoms with Crippen LogP contribution in [0.2, 0.25) is 0 Å². The van der Waals surface area contributed by atoms with Crippen LogP contribution in [0.5, 0.6) is 0 Å². The highest BCUT2D eigenvalue weighted by molar-refractivity contribution is 14.0. The molecule has 2 rings (SSSR count). The molecule has 23 heavy (non-hydrogen) atoms. The zero-order valence-corrected chi connectivity index (χ0v) is 17.2. The summed E-state index contributed by atoms with van der Waals surface area (Å²) in [7, 11) is 0. The Bertz CT molecular complexity index is 363. The number of guanidine groups is 1. The Labute approximate surface area is 158 Å². The van der Waals surface area contributed by atoms with E-state index in [4.69, 9.17) is 9.73 Å². The molecule has 2 heterocycles. The fourth-order valence-corrected chi connectivity index (χ4v) is 3.67. The number of likely N-dealkylation sites (tertiary alicyclic amines) is 1. The molecule has 2 saturated heterocycles. The zero-order chi connectivity index (χ0) is 16.0. The first-order valence-electron chi connectivity index (χ1n) is 8.80. The number of hydrogen-bond donors (Lipinski definition) is 2. The summed E-state index contributed by atoms with van der Waals surface area (Å²) < 4.78 is 5.44. The molecule has 0 spiro atoms. The minimum atomic E-state index is -0.0913. The van der Waals surface area contributed by atoms with Gasteiger partial charge in [0.2, 0.25) is 0 Å². The van der Waals surface area contributed by atoms with E-state index in [1.807, 2.05) is 0 Å². The molecule has 2 atom stereocenters. The van der Waals surface area contributed by atoms with Crippen LogP contribution in [-0.2, 0) is 4.74 Å². The van der Waals surface area contributed by atoms with Crippen LogP contribution in [0.4, 0.5) is 0 Å². The highest BCUT2D eigenvalue weighted by Crippen LogP contribution is 2.30. The Morgan fingerprint density at radius 2 is 1.87 bits per heavy atom. The molecular weight excluding hydrogens is 405 g/mol. The first kappa shape index (κ1) is 21.0. The van der Waals surface area contributed by atoms with E-state index in [9.17, 15) is 5.11 Å². The predicted molar refractivity (Wildman–Crippen MR) is 105 cm³/mol. The van der Waals surface area contributed by atoms with Gasteiger partial charge in [0.1, 0.15) is 0 Å². The molecular formula is C17H34IN3O2. The lowest BCUT2D eigenvalue weighted by molar-refractivity contribution is -0.0107. The Hall–Kier alpha value is -0.0800. The molecule has 0 aliphatic carbocycles. The second-order valence-corrected chi connectivity index (χ2v) is 7.29. The number of rotatable bonds is 4. The van der Waals surface area contributed by atoms with E-state index >= 15 is 0 Å². The number of piperidine rings is 1. The second-order valence-electron chi connectivity index (χ2n) is 7.29. The molecule has 136 valence electrons. The molecule has 2 unspecified atom stereocenters. The molecule has 0 radical (unpaired) electrons. The van der Waals surface area contributed by atoms with Crippen LogP contribution in [-0.4, -0.2) is 62.0 Å². The van der Waals surface area contributed by atoms with Gasteiger partial charge in [0, 0.05) is 38.3 Å². The van der Waals surface area contributed by atoms with E-state index in [-0.39, 0.29) is 36.0 Å². The molecule has 6 heteroatoms. The van der Waals surface area contributed by atoms with Gasteiger partial charge in [0.25, 0.3) is 0 Å². The van der Waals surface area contributed by atoms with E-state index in [0.717, 1.165) is 51.6 Å². The van der Waals surface area contributed by atoms with Crippen molar-refractivity contribution in [3.63, 3.8) is 0 Å². The number of nitrogens with zero attached hydrogens (tertiary/aromatic N) is 2. The average molecular weight is 439 g/mol. The standard InChI is InChI=1S/C17H33N3O2.HI/c1-4-18-16(20-10-14(2)9-15(3)11-20)19-12-17(13-21)5-7-22-8-6-17;/h14-15,21H,4-13H2,1-3H3,(H,18,19);1H. The molecule has 0 amide bonds. The van der Waals surface area contributed by atoms with Gasteiger partial charge in [-0.2, -0.15) is 0 Å². The van der Waals surface area contributed by atoms with Crippen molar-refractivity contribution >= 4 is 29.9 Å². The van der Waals surface area contributed by atoms with Crippen molar-refractivity contribution < 1.29 is 9.84 Å². The smallest absolute Gasteiger partial charge is 0.193 e. The molecule has 0 bridgehead atoms. The number of hydrogen-bond acceptors (Lipinski definition) is 3. The van der Waals surface area contributed by atoms with Gasteiger partial charge in [0.15, 0.2) is 5.96 Å². The topological polar surface area (TPSA) is 57.1 Å². The average Bonchev–Trinajstić information content (AvgIpc) is 2.51. The SMILES string of the molecule is CCNC(=NCC1(CO)CCOCC1)N1CC(C)CC(C)C1.I. The van der Waals surface area contributed by atoms with Crippen LogP contribution in [0.15, 0.2) is 4.99 Å². The lowest BCUT2D eigenvalue weighted by atomic mass is 9.81. The number of ether oxygens (including phenoxy) is 1. The summed E-state index contributed by atoms with van der Waals surface area (Å²) in [5.41, 5.74) is -0.0913. The monoisotopic (exact) mass is 439 g/mol. The van der Waals surface area contributed by atoms with Gasteiger partial charge in [-0.3, -0.25) is 4.99 Å². The largest absolute Gasteiger partial charge is 0.396 e. The molecule has 0 aromatic rings. The summed E-state index contributed by atoms with van der Waals surface area (Å²) in [6.07, 6.45) is 3.10. The van der Waals surface area contributed by atoms with Crippen molar-refractivity contribution in [3.05, 3.63) is 0 Å². The Morgan fingerprint density at radius 3 is 2.39 bits per heavy atom. The Balaban J connectivity index is 0.00000264. The first-order chi connectivity index (χ1) is 10.6. The van der Waals surface area contributed by atoms with Crippen LogP contribution in [0.1, 0.15) is 40.0 Å². The summed E-state index contributed by atoms with van der Waals surface area (Å²) in [6.45, 7) is 12.2. The first-order valence-corrected chi connectivity index (χ1v) is 8.80. The van der Waals surface area contributed by atoms with Crippen molar-refractivity contribution in [1.82, 2.24) is 10.2 Å². The maximum atomic E-state index is 9.82. The van der Waals surface area contributed by atoms with Crippen molar-refractivity contribution in [2.45, 2.75) is 40.0 Å². The van der Waals surface area contributed by atoms with Crippen molar-refractivity contribution in [2.24, 2.45) is 22.2 Å². The van der Waals surface area contributed by atoms with Gasteiger partial charge in [-0.05, 0) is 38.0 Å². The molecule has 0 aromatic carbocycles. The molecule has 2 N–H and O–H groups in total. The lowest BCUT2D eigenvalue weighted by Crippen LogP contribution is -2.49. The minimum Gasteiger partial charge on any atom is -0.396 e. The van der Waals surface area contributed by atoms with Crippen LogP contribution in [0.3, 0.4) is 0 Å². The molecule has 2 aliphatic rings. The summed E-state index contributed by atoms with van der Waals surface area (Å²) in [6, 6.07) is 0. The van der Waals surface area contributed by atoms with Crippen molar-refractivity contribution in [2.75, 3.05) is 46.0 Å². The van der Waals surface area contributed by atoms with Crippen LogP contribution in [0.25, 0.3) is 0 Å². The minimum absolute atomic E-state index is 0. The highest BCUT2D eigenvalue weighted by atomic mass is 127. The van der Waals surface area contributed by atoms with Gasteiger partial charge in [0.05, 0.1) is 13.2 Å². The summed E-state index contributed by atoms with van der Waals surface area (Å²) in [5, 5.41) is 13.3. The van der Waals surface area contributed by atoms with E-state index in [1.165, 1.54) is 6.42 Å². The second kappa shape index (κ2) is 10.0. The van der Waals surface area contributed by atoms with Gasteiger partial charge < -0.3 is 20.1 Å². The normalized spacial score (nSPS) is 28.2. The van der Waals surface area contributed by atoms with Gasteiger partial charge in [-0.25, -0.2) is 0 Å². The molecule has 2 aliphatic heterocycles. The number of nitrogens with one attached hydrogen (secondary N) is 1. The van der Waals surface area contributed by atoms with Gasteiger partial charge in [-0.1, -0.05) is 13.8 Å². The third-order valence-corrected chi connectivity index (χ3v) is 4.96. The van der Waals surface area contributed by atoms with Crippen LogP contribution >= 0.6 is 24.0 Å². The van der Waals surface area contributed by atoms with Crippen LogP contribution in [0, 0.1) is 17.3 Å². The fraction of sp³-hybridized carbons (Fsp3) is 0.941. The fourth-order valence-electron chi connectivity index (χ4n) is 3.67. The number of halogens is 1. The van der Waals surface area contributed by atoms with Crippen molar-refractivity contribution in [3.8, 4) is 0 Å². The molecule has 5 nitrogen and oxygen atoms in total. The number of aliphatic hydroxyl groups excluding tert-OH is 1. The summed E-state index contributed by atoms with van der Waals surface area (Å²) >= 11 is 0. The number of aliphatic imine (C=N–C) groups is 1. The third kappa shape index (κ3) is 6.05. The van der Waals surface area contributed by atoms with Gasteiger partial charge >= 0.3 is 0 Å².